The lowest BCUT2D eigenvalue weighted by atomic mass is 10.1. The molecule has 102 valence electrons. The van der Waals surface area contributed by atoms with Crippen LogP contribution in [0.3, 0.4) is 0 Å². The molecule has 2 rings (SSSR count). The number of hydrogen-bond acceptors (Lipinski definition) is 3. The molecule has 0 fully saturated rings. The molecular weight excluding hydrogens is 252 g/mol. The zero-order chi connectivity index (χ0) is 14.5. The van der Waals surface area contributed by atoms with Crippen LogP contribution in [0.5, 0.6) is 0 Å². The Kier molecular flexibility index (Phi) is 4.24. The number of anilines is 1. The smallest absolute Gasteiger partial charge is 0.291 e. The van der Waals surface area contributed by atoms with Crippen LogP contribution in [-0.2, 0) is 0 Å². The van der Waals surface area contributed by atoms with Gasteiger partial charge in [-0.3, -0.25) is 4.79 Å². The molecule has 2 aromatic rings. The van der Waals surface area contributed by atoms with Gasteiger partial charge in [0, 0.05) is 11.3 Å². The molecule has 4 heteroatoms. The van der Waals surface area contributed by atoms with E-state index in [1.54, 1.807) is 19.1 Å². The van der Waals surface area contributed by atoms with Crippen molar-refractivity contribution in [3.63, 3.8) is 0 Å². The van der Waals surface area contributed by atoms with Crippen molar-refractivity contribution in [3.8, 4) is 11.8 Å². The van der Waals surface area contributed by atoms with Crippen molar-refractivity contribution in [2.75, 3.05) is 11.9 Å². The highest BCUT2D eigenvalue weighted by molar-refractivity contribution is 6.02. The summed E-state index contributed by atoms with van der Waals surface area (Å²) in [7, 11) is 0. The van der Waals surface area contributed by atoms with Crippen LogP contribution in [0.1, 0.15) is 27.4 Å². The average molecular weight is 268 g/mol. The minimum absolute atomic E-state index is 0.262. The van der Waals surface area contributed by atoms with Gasteiger partial charge in [0.1, 0.15) is 5.76 Å². The Morgan fingerprint density at radius 3 is 2.70 bits per heavy atom. The highest BCUT2D eigenvalue weighted by atomic mass is 16.3. The number of rotatable bonds is 2. The molecule has 0 saturated carbocycles. The topological polar surface area (TPSA) is 68.3 Å². The molecule has 1 aromatic carbocycles. The monoisotopic (exact) mass is 268 g/mol. The first-order chi connectivity index (χ1) is 9.60. The maximum Gasteiger partial charge on any atom is 0.291 e. The van der Waals surface area contributed by atoms with Crippen LogP contribution in [-0.4, -0.2) is 12.5 Å². The first-order valence-electron chi connectivity index (χ1n) is 6.27. The van der Waals surface area contributed by atoms with Crippen molar-refractivity contribution in [2.45, 2.75) is 13.8 Å². The molecule has 0 atom stereocenters. The van der Waals surface area contributed by atoms with Gasteiger partial charge in [0.05, 0.1) is 6.54 Å². The summed E-state index contributed by atoms with van der Waals surface area (Å²) in [5.41, 5.74) is 7.88. The highest BCUT2D eigenvalue weighted by Crippen LogP contribution is 2.17. The fourth-order valence-electron chi connectivity index (χ4n) is 1.78. The van der Waals surface area contributed by atoms with Gasteiger partial charge in [0.15, 0.2) is 5.76 Å². The number of benzene rings is 1. The van der Waals surface area contributed by atoms with E-state index in [0.717, 1.165) is 16.8 Å². The van der Waals surface area contributed by atoms with Gasteiger partial charge in [0.2, 0.25) is 0 Å². The number of aryl methyl sites for hydroxylation is 2. The van der Waals surface area contributed by atoms with E-state index in [4.69, 9.17) is 10.2 Å². The maximum atomic E-state index is 12.0. The Morgan fingerprint density at radius 1 is 1.30 bits per heavy atom. The van der Waals surface area contributed by atoms with E-state index >= 15 is 0 Å². The van der Waals surface area contributed by atoms with Crippen LogP contribution in [0.15, 0.2) is 34.7 Å². The second kappa shape index (κ2) is 6.09. The van der Waals surface area contributed by atoms with Gasteiger partial charge in [-0.25, -0.2) is 0 Å². The summed E-state index contributed by atoms with van der Waals surface area (Å²) in [6.07, 6.45) is 0. The Bertz CT molecular complexity index is 690. The van der Waals surface area contributed by atoms with E-state index < -0.39 is 0 Å². The lowest BCUT2D eigenvalue weighted by molar-refractivity contribution is 0.0995. The second-order valence-corrected chi connectivity index (χ2v) is 4.40. The fraction of sp³-hybridized carbons (Fsp3) is 0.188. The van der Waals surface area contributed by atoms with Crippen molar-refractivity contribution in [1.29, 1.82) is 0 Å². The van der Waals surface area contributed by atoms with Crippen molar-refractivity contribution in [2.24, 2.45) is 5.73 Å². The predicted octanol–water partition coefficient (Wildman–Crippen LogP) is 2.46. The largest absolute Gasteiger partial charge is 0.456 e. The van der Waals surface area contributed by atoms with Gasteiger partial charge in [-0.2, -0.15) is 0 Å². The molecule has 3 N–H and O–H groups in total. The molecule has 0 radical (unpaired) electrons. The normalized spacial score (nSPS) is 9.75. The molecular formula is C16H16N2O2. The van der Waals surface area contributed by atoms with E-state index in [0.29, 0.717) is 18.1 Å². The van der Waals surface area contributed by atoms with E-state index in [9.17, 15) is 4.79 Å². The van der Waals surface area contributed by atoms with E-state index in [-0.39, 0.29) is 5.91 Å². The summed E-state index contributed by atoms with van der Waals surface area (Å²) < 4.78 is 5.29. The van der Waals surface area contributed by atoms with Gasteiger partial charge in [-0.15, -0.1) is 0 Å². The summed E-state index contributed by atoms with van der Waals surface area (Å²) in [6.45, 7) is 4.04. The third kappa shape index (κ3) is 3.28. The standard InChI is InChI=1S/C16H16N2O2/c1-11-10-13(4-3-9-17)6-7-14(11)18-16(19)15-8-5-12(2)20-15/h5-8,10H,9,17H2,1-2H3,(H,18,19). The van der Waals surface area contributed by atoms with Crippen LogP contribution in [0.2, 0.25) is 0 Å². The Morgan fingerprint density at radius 2 is 2.10 bits per heavy atom. The summed E-state index contributed by atoms with van der Waals surface area (Å²) >= 11 is 0. The number of hydrogen-bond donors (Lipinski definition) is 2. The number of amides is 1. The van der Waals surface area contributed by atoms with E-state index in [2.05, 4.69) is 17.2 Å². The molecule has 4 nitrogen and oxygen atoms in total. The van der Waals surface area contributed by atoms with Crippen molar-refractivity contribution < 1.29 is 9.21 Å². The highest BCUT2D eigenvalue weighted by Gasteiger charge is 2.11. The summed E-state index contributed by atoms with van der Waals surface area (Å²) in [6, 6.07) is 8.99. The SMILES string of the molecule is Cc1ccc(C(=O)Nc2ccc(C#CCN)cc2C)o1. The maximum absolute atomic E-state index is 12.0. The average Bonchev–Trinajstić information content (AvgIpc) is 2.86. The minimum atomic E-state index is -0.262. The number of furan rings is 1. The number of carbonyl (C=O) groups excluding carboxylic acids is 1. The zero-order valence-corrected chi connectivity index (χ0v) is 11.5. The quantitative estimate of drug-likeness (QED) is 0.822. The number of nitrogens with one attached hydrogen (secondary N) is 1. The molecule has 0 aliphatic rings. The van der Waals surface area contributed by atoms with Crippen LogP contribution >= 0.6 is 0 Å². The van der Waals surface area contributed by atoms with Gasteiger partial charge in [-0.1, -0.05) is 11.8 Å². The van der Waals surface area contributed by atoms with E-state index in [1.807, 2.05) is 25.1 Å². The van der Waals surface area contributed by atoms with Crippen LogP contribution < -0.4 is 11.1 Å². The first-order valence-corrected chi connectivity index (χ1v) is 6.27. The Hall–Kier alpha value is -2.51. The van der Waals surface area contributed by atoms with E-state index in [1.165, 1.54) is 0 Å². The van der Waals surface area contributed by atoms with Gasteiger partial charge < -0.3 is 15.5 Å². The zero-order valence-electron chi connectivity index (χ0n) is 11.5. The molecule has 1 aromatic heterocycles. The number of nitrogens with two attached hydrogens (primary N) is 1. The number of carbonyl (C=O) groups is 1. The first kappa shape index (κ1) is 13.9. The molecule has 0 unspecified atom stereocenters. The molecule has 20 heavy (non-hydrogen) atoms. The molecule has 1 heterocycles. The predicted molar refractivity (Wildman–Crippen MR) is 78.5 cm³/mol. The molecule has 0 saturated heterocycles. The summed E-state index contributed by atoms with van der Waals surface area (Å²) in [5, 5.41) is 2.82. The van der Waals surface area contributed by atoms with Gasteiger partial charge in [0.25, 0.3) is 5.91 Å². The molecule has 0 aliphatic carbocycles. The molecule has 0 aliphatic heterocycles. The second-order valence-electron chi connectivity index (χ2n) is 4.40. The third-order valence-corrected chi connectivity index (χ3v) is 2.77. The van der Waals surface area contributed by atoms with Crippen LogP contribution in [0.4, 0.5) is 5.69 Å². The lowest BCUT2D eigenvalue weighted by Crippen LogP contribution is -2.11. The fourth-order valence-corrected chi connectivity index (χ4v) is 1.78. The lowest BCUT2D eigenvalue weighted by Gasteiger charge is -2.07. The van der Waals surface area contributed by atoms with Crippen molar-refractivity contribution >= 4 is 11.6 Å². The summed E-state index contributed by atoms with van der Waals surface area (Å²) in [4.78, 5) is 12.0. The van der Waals surface area contributed by atoms with Gasteiger partial charge in [-0.05, 0) is 49.7 Å². The molecule has 1 amide bonds. The van der Waals surface area contributed by atoms with Crippen LogP contribution in [0.25, 0.3) is 0 Å². The Labute approximate surface area is 118 Å². The van der Waals surface area contributed by atoms with Crippen molar-refractivity contribution in [3.05, 3.63) is 53.0 Å². The minimum Gasteiger partial charge on any atom is -0.456 e. The Balaban J connectivity index is 2.16. The van der Waals surface area contributed by atoms with Gasteiger partial charge >= 0.3 is 0 Å². The molecule has 0 spiro atoms. The molecule has 0 bridgehead atoms. The van der Waals surface area contributed by atoms with Crippen molar-refractivity contribution in [1.82, 2.24) is 0 Å². The third-order valence-electron chi connectivity index (χ3n) is 2.77. The summed E-state index contributed by atoms with van der Waals surface area (Å²) in [5.74, 6) is 6.50. The van der Waals surface area contributed by atoms with Crippen LogP contribution in [0, 0.1) is 25.7 Å².